The first kappa shape index (κ1) is 20.5. The highest BCUT2D eigenvalue weighted by molar-refractivity contribution is 8.00. The normalized spacial score (nSPS) is 17.4. The first-order valence-electron chi connectivity index (χ1n) is 8.90. The van der Waals surface area contributed by atoms with E-state index in [1.807, 2.05) is 30.3 Å². The molecule has 11 heteroatoms. The molecule has 7 nitrogen and oxygen atoms in total. The maximum absolute atomic E-state index is 12.8. The third kappa shape index (κ3) is 4.69. The summed E-state index contributed by atoms with van der Waals surface area (Å²) in [4.78, 5) is 12.7. The molecule has 1 saturated heterocycles. The summed E-state index contributed by atoms with van der Waals surface area (Å²) in [6.07, 6.45) is 1.14. The zero-order chi connectivity index (χ0) is 20.3. The molecule has 1 amide bonds. The quantitative estimate of drug-likeness (QED) is 0.422. The van der Waals surface area contributed by atoms with E-state index < -0.39 is 16.1 Å². The molecule has 0 spiro atoms. The minimum Gasteiger partial charge on any atom is -0.299 e. The third-order valence-corrected chi connectivity index (χ3v) is 9.73. The molecule has 1 fully saturated rings. The lowest BCUT2D eigenvalue weighted by Crippen LogP contribution is -2.42. The number of thiophene rings is 1. The van der Waals surface area contributed by atoms with E-state index in [1.54, 1.807) is 29.3 Å². The summed E-state index contributed by atoms with van der Waals surface area (Å²) in [6.45, 7) is 0.340. The molecule has 4 rings (SSSR count). The van der Waals surface area contributed by atoms with Gasteiger partial charge in [-0.25, -0.2) is 8.42 Å². The summed E-state index contributed by atoms with van der Waals surface area (Å²) in [7, 11) is -3.66. The van der Waals surface area contributed by atoms with Gasteiger partial charge in [0.1, 0.15) is 10.3 Å². The van der Waals surface area contributed by atoms with Crippen molar-refractivity contribution in [3.8, 4) is 0 Å². The Morgan fingerprint density at radius 3 is 2.79 bits per heavy atom. The number of rotatable bonds is 7. The van der Waals surface area contributed by atoms with Gasteiger partial charge in [0.15, 0.2) is 4.34 Å². The first-order chi connectivity index (χ1) is 14.0. The maximum Gasteiger partial charge on any atom is 0.253 e. The standard InChI is InChI=1S/C18H18N4O3S4/c23-16(14-8-4-10-22(14)29(24,25)15-9-5-11-26-15)19-17-20-21-18(28-17)27-12-13-6-2-1-3-7-13/h1-3,5-7,9,11,14H,4,8,10,12H2,(H,19,20,23). The lowest BCUT2D eigenvalue weighted by molar-refractivity contribution is -0.119. The Kier molecular flexibility index (Phi) is 6.30. The van der Waals surface area contributed by atoms with Gasteiger partial charge in [0.05, 0.1) is 0 Å². The second kappa shape index (κ2) is 8.92. The molecule has 1 aliphatic rings. The molecule has 3 aromatic rings. The van der Waals surface area contributed by atoms with Crippen molar-refractivity contribution in [1.29, 1.82) is 0 Å². The van der Waals surface area contributed by atoms with Crippen molar-refractivity contribution in [2.45, 2.75) is 33.2 Å². The molecular weight excluding hydrogens is 448 g/mol. The Hall–Kier alpha value is -1.79. The van der Waals surface area contributed by atoms with Crippen LogP contribution in [0, 0.1) is 0 Å². The predicted octanol–water partition coefficient (Wildman–Crippen LogP) is 3.68. The molecule has 1 unspecified atom stereocenters. The van der Waals surface area contributed by atoms with Crippen LogP contribution in [0.1, 0.15) is 18.4 Å². The van der Waals surface area contributed by atoms with E-state index in [4.69, 9.17) is 0 Å². The van der Waals surface area contributed by atoms with Gasteiger partial charge in [0.2, 0.25) is 11.0 Å². The summed E-state index contributed by atoms with van der Waals surface area (Å²) < 4.78 is 27.9. The number of anilines is 1. The number of amides is 1. The van der Waals surface area contributed by atoms with E-state index in [-0.39, 0.29) is 10.1 Å². The van der Waals surface area contributed by atoms with Gasteiger partial charge in [-0.3, -0.25) is 10.1 Å². The number of benzene rings is 1. The molecule has 3 heterocycles. The lowest BCUT2D eigenvalue weighted by atomic mass is 10.2. The monoisotopic (exact) mass is 466 g/mol. The Balaban J connectivity index is 1.39. The van der Waals surface area contributed by atoms with Gasteiger partial charge in [-0.05, 0) is 29.9 Å². The third-order valence-electron chi connectivity index (χ3n) is 4.41. The Morgan fingerprint density at radius 1 is 1.21 bits per heavy atom. The topological polar surface area (TPSA) is 92.3 Å². The second-order valence-corrected chi connectivity index (χ2v) is 11.6. The van der Waals surface area contributed by atoms with Gasteiger partial charge in [-0.1, -0.05) is 59.5 Å². The molecule has 1 aromatic carbocycles. The molecule has 0 saturated carbocycles. The number of carbonyl (C=O) groups is 1. The summed E-state index contributed by atoms with van der Waals surface area (Å²) in [5.74, 6) is 0.400. The number of thioether (sulfide) groups is 1. The molecule has 152 valence electrons. The van der Waals surface area contributed by atoms with E-state index in [0.29, 0.717) is 24.5 Å². The van der Waals surface area contributed by atoms with E-state index in [2.05, 4.69) is 15.5 Å². The second-order valence-electron chi connectivity index (χ2n) is 6.34. The summed E-state index contributed by atoms with van der Waals surface area (Å²) in [5.41, 5.74) is 1.18. The number of carbonyl (C=O) groups excluding carboxylic acids is 1. The van der Waals surface area contributed by atoms with Gasteiger partial charge in [-0.15, -0.1) is 21.5 Å². The molecule has 0 aliphatic carbocycles. The van der Waals surface area contributed by atoms with E-state index >= 15 is 0 Å². The van der Waals surface area contributed by atoms with Crippen molar-refractivity contribution in [3.05, 3.63) is 53.4 Å². The SMILES string of the molecule is O=C(Nc1nnc(SCc2ccccc2)s1)C1CCCN1S(=O)(=O)c1cccs1. The van der Waals surface area contributed by atoms with Crippen molar-refractivity contribution in [2.75, 3.05) is 11.9 Å². The Labute approximate surface area is 181 Å². The van der Waals surface area contributed by atoms with Crippen LogP contribution in [0.2, 0.25) is 0 Å². The lowest BCUT2D eigenvalue weighted by Gasteiger charge is -2.22. The minimum atomic E-state index is -3.66. The van der Waals surface area contributed by atoms with E-state index in [9.17, 15) is 13.2 Å². The van der Waals surface area contributed by atoms with Gasteiger partial charge >= 0.3 is 0 Å². The van der Waals surface area contributed by atoms with Crippen molar-refractivity contribution in [1.82, 2.24) is 14.5 Å². The van der Waals surface area contributed by atoms with Crippen molar-refractivity contribution < 1.29 is 13.2 Å². The molecule has 1 aliphatic heterocycles. The average Bonchev–Trinajstić information content (AvgIpc) is 3.48. The summed E-state index contributed by atoms with van der Waals surface area (Å²) in [5, 5.41) is 13.0. The van der Waals surface area contributed by atoms with Crippen molar-refractivity contribution in [2.24, 2.45) is 0 Å². The first-order valence-corrected chi connectivity index (χ1v) is 13.0. The Bertz CT molecular complexity index is 1070. The summed E-state index contributed by atoms with van der Waals surface area (Å²) in [6, 6.07) is 12.5. The fourth-order valence-electron chi connectivity index (χ4n) is 3.04. The number of nitrogens with zero attached hydrogens (tertiary/aromatic N) is 3. The molecule has 29 heavy (non-hydrogen) atoms. The van der Waals surface area contributed by atoms with Gasteiger partial charge in [-0.2, -0.15) is 4.31 Å². The van der Waals surface area contributed by atoms with Gasteiger partial charge in [0, 0.05) is 12.3 Å². The van der Waals surface area contributed by atoms with Crippen LogP contribution in [0.3, 0.4) is 0 Å². The summed E-state index contributed by atoms with van der Waals surface area (Å²) >= 11 is 3.99. The van der Waals surface area contributed by atoms with Crippen LogP contribution in [0.25, 0.3) is 0 Å². The number of nitrogens with one attached hydrogen (secondary N) is 1. The van der Waals surface area contributed by atoms with Crippen LogP contribution >= 0.6 is 34.4 Å². The zero-order valence-corrected chi connectivity index (χ0v) is 18.5. The largest absolute Gasteiger partial charge is 0.299 e. The van der Waals surface area contributed by atoms with E-state index in [1.165, 1.54) is 21.2 Å². The van der Waals surface area contributed by atoms with Crippen LogP contribution in [-0.4, -0.2) is 41.4 Å². The molecule has 1 atom stereocenters. The number of sulfonamides is 1. The van der Waals surface area contributed by atoms with E-state index in [0.717, 1.165) is 21.4 Å². The number of aromatic nitrogens is 2. The van der Waals surface area contributed by atoms with Crippen LogP contribution in [0.4, 0.5) is 5.13 Å². The fraction of sp³-hybridized carbons (Fsp3) is 0.278. The van der Waals surface area contributed by atoms with Gasteiger partial charge in [0.25, 0.3) is 10.0 Å². The smallest absolute Gasteiger partial charge is 0.253 e. The van der Waals surface area contributed by atoms with Crippen LogP contribution in [-0.2, 0) is 20.6 Å². The molecule has 0 radical (unpaired) electrons. The van der Waals surface area contributed by atoms with Crippen LogP contribution in [0.15, 0.2) is 56.4 Å². The van der Waals surface area contributed by atoms with Gasteiger partial charge < -0.3 is 0 Å². The molecular formula is C18H18N4O3S4. The highest BCUT2D eigenvalue weighted by atomic mass is 32.2. The highest BCUT2D eigenvalue weighted by Gasteiger charge is 2.40. The van der Waals surface area contributed by atoms with Crippen LogP contribution < -0.4 is 5.32 Å². The molecule has 0 bridgehead atoms. The molecule has 1 N–H and O–H groups in total. The minimum absolute atomic E-state index is 0.257. The Morgan fingerprint density at radius 2 is 2.03 bits per heavy atom. The van der Waals surface area contributed by atoms with Crippen molar-refractivity contribution >= 4 is 55.5 Å². The zero-order valence-electron chi connectivity index (χ0n) is 15.2. The number of hydrogen-bond donors (Lipinski definition) is 1. The predicted molar refractivity (Wildman–Crippen MR) is 116 cm³/mol. The average molecular weight is 467 g/mol. The van der Waals surface area contributed by atoms with Crippen molar-refractivity contribution in [3.63, 3.8) is 0 Å². The number of hydrogen-bond acceptors (Lipinski definition) is 8. The fourth-order valence-corrected chi connectivity index (χ4v) is 7.53. The maximum atomic E-state index is 12.8. The molecule has 2 aromatic heterocycles. The highest BCUT2D eigenvalue weighted by Crippen LogP contribution is 2.31. The van der Waals surface area contributed by atoms with Crippen LogP contribution in [0.5, 0.6) is 0 Å².